The van der Waals surface area contributed by atoms with Crippen LogP contribution in [0.2, 0.25) is 0 Å². The Bertz CT molecular complexity index is 883. The van der Waals surface area contributed by atoms with E-state index in [4.69, 9.17) is 9.26 Å². The van der Waals surface area contributed by atoms with Gasteiger partial charge in [0.05, 0.1) is 11.3 Å². The summed E-state index contributed by atoms with van der Waals surface area (Å²) in [5.41, 5.74) is 3.04. The molecular formula is C22H29N3O2S. The van der Waals surface area contributed by atoms with Gasteiger partial charge in [0.1, 0.15) is 12.4 Å². The second kappa shape index (κ2) is 9.07. The number of aryl methyl sites for hydroxylation is 1. The quantitative estimate of drug-likeness (QED) is 0.606. The summed E-state index contributed by atoms with van der Waals surface area (Å²) >= 11 is 1.71. The average Bonchev–Trinajstić information content (AvgIpc) is 3.36. The van der Waals surface area contributed by atoms with Crippen LogP contribution in [0.4, 0.5) is 0 Å². The van der Waals surface area contributed by atoms with Crippen molar-refractivity contribution in [3.63, 3.8) is 0 Å². The topological polar surface area (TPSA) is 50.5 Å². The van der Waals surface area contributed by atoms with Gasteiger partial charge in [-0.25, -0.2) is 0 Å². The Balaban J connectivity index is 1.54. The zero-order chi connectivity index (χ0) is 19.3. The molecule has 0 aliphatic carbocycles. The van der Waals surface area contributed by atoms with E-state index in [1.54, 1.807) is 11.3 Å². The third-order valence-electron chi connectivity index (χ3n) is 5.45. The van der Waals surface area contributed by atoms with Crippen molar-refractivity contribution < 1.29 is 9.26 Å². The molecule has 0 amide bonds. The van der Waals surface area contributed by atoms with Crippen LogP contribution in [0, 0.1) is 5.92 Å². The maximum absolute atomic E-state index is 6.14. The number of fused-ring (bicyclic) bond motifs is 1. The monoisotopic (exact) mass is 399 g/mol. The summed E-state index contributed by atoms with van der Waals surface area (Å²) in [6.45, 7) is 3.63. The number of aromatic nitrogens is 1. The van der Waals surface area contributed by atoms with E-state index in [9.17, 15) is 0 Å². The zero-order valence-electron chi connectivity index (χ0n) is 16.7. The number of piperidine rings is 1. The maximum atomic E-state index is 6.14. The van der Waals surface area contributed by atoms with E-state index in [2.05, 4.69) is 59.1 Å². The fourth-order valence-electron chi connectivity index (χ4n) is 3.93. The van der Waals surface area contributed by atoms with Crippen LogP contribution >= 0.6 is 11.3 Å². The molecule has 1 aromatic carbocycles. The van der Waals surface area contributed by atoms with Crippen molar-refractivity contribution in [1.82, 2.24) is 15.4 Å². The maximum Gasteiger partial charge on any atom is 0.175 e. The van der Waals surface area contributed by atoms with Crippen molar-refractivity contribution in [3.05, 3.63) is 45.8 Å². The molecule has 0 saturated carbocycles. The van der Waals surface area contributed by atoms with Crippen LogP contribution in [0.5, 0.6) is 5.75 Å². The molecule has 0 atom stereocenters. The van der Waals surface area contributed by atoms with Gasteiger partial charge >= 0.3 is 0 Å². The molecule has 1 aliphatic rings. The SMILES string of the molecule is CN(C)Cc1c(OCc2cccs2)ccc2c(CCC3CCNCC3)noc12. The lowest BCUT2D eigenvalue weighted by Gasteiger charge is -2.21. The minimum Gasteiger partial charge on any atom is -0.488 e. The van der Waals surface area contributed by atoms with Crippen LogP contribution in [0.25, 0.3) is 11.0 Å². The number of benzene rings is 1. The second-order valence-corrected chi connectivity index (χ2v) is 8.92. The van der Waals surface area contributed by atoms with Crippen LogP contribution in [0.15, 0.2) is 34.2 Å². The summed E-state index contributed by atoms with van der Waals surface area (Å²) in [5, 5.41) is 11.1. The standard InChI is InChI=1S/C22H29N3O2S/c1-25(2)14-19-21(26-15-17-4-3-13-28-17)8-6-18-20(24-27-22(18)19)7-5-16-9-11-23-12-10-16/h3-4,6,8,13,16,23H,5,7,9-12,14-15H2,1-2H3. The highest BCUT2D eigenvalue weighted by molar-refractivity contribution is 7.09. The van der Waals surface area contributed by atoms with Gasteiger partial charge in [-0.1, -0.05) is 11.2 Å². The molecule has 1 aliphatic heterocycles. The summed E-state index contributed by atoms with van der Waals surface area (Å²) in [4.78, 5) is 3.36. The highest BCUT2D eigenvalue weighted by Gasteiger charge is 2.19. The molecule has 150 valence electrons. The third-order valence-corrected chi connectivity index (χ3v) is 6.30. The average molecular weight is 400 g/mol. The summed E-state index contributed by atoms with van der Waals surface area (Å²) in [7, 11) is 4.13. The predicted octanol–water partition coefficient (Wildman–Crippen LogP) is 4.46. The largest absolute Gasteiger partial charge is 0.488 e. The van der Waals surface area contributed by atoms with Crippen LogP contribution in [-0.4, -0.2) is 37.2 Å². The minimum atomic E-state index is 0.584. The summed E-state index contributed by atoms with van der Waals surface area (Å²) in [5.74, 6) is 1.68. The van der Waals surface area contributed by atoms with Crippen molar-refractivity contribution >= 4 is 22.3 Å². The van der Waals surface area contributed by atoms with Gasteiger partial charge in [-0.3, -0.25) is 0 Å². The highest BCUT2D eigenvalue weighted by atomic mass is 32.1. The lowest BCUT2D eigenvalue weighted by Crippen LogP contribution is -2.27. The molecule has 3 heterocycles. The molecule has 28 heavy (non-hydrogen) atoms. The van der Waals surface area contributed by atoms with Crippen LogP contribution in [-0.2, 0) is 19.6 Å². The molecule has 2 aromatic heterocycles. The van der Waals surface area contributed by atoms with Crippen molar-refractivity contribution in [1.29, 1.82) is 0 Å². The van der Waals surface area contributed by atoms with Gasteiger partial charge in [0.15, 0.2) is 5.58 Å². The fourth-order valence-corrected chi connectivity index (χ4v) is 4.54. The third kappa shape index (κ3) is 4.57. The van der Waals surface area contributed by atoms with Gasteiger partial charge in [-0.2, -0.15) is 0 Å². The van der Waals surface area contributed by atoms with E-state index in [0.717, 1.165) is 59.9 Å². The van der Waals surface area contributed by atoms with Crippen LogP contribution < -0.4 is 10.1 Å². The minimum absolute atomic E-state index is 0.584. The first-order chi connectivity index (χ1) is 13.7. The fraction of sp³-hybridized carbons (Fsp3) is 0.500. The van der Waals surface area contributed by atoms with Gasteiger partial charge < -0.3 is 19.5 Å². The molecule has 3 aromatic rings. The number of thiophene rings is 1. The molecule has 1 N–H and O–H groups in total. The first-order valence-corrected chi connectivity index (χ1v) is 11.0. The molecule has 0 bridgehead atoms. The van der Waals surface area contributed by atoms with Gasteiger partial charge in [-0.05, 0) is 82.4 Å². The van der Waals surface area contributed by atoms with E-state index in [1.807, 2.05) is 0 Å². The van der Waals surface area contributed by atoms with Crippen molar-refractivity contribution in [2.75, 3.05) is 27.2 Å². The number of hydrogen-bond donors (Lipinski definition) is 1. The number of rotatable bonds is 8. The Morgan fingerprint density at radius 3 is 2.86 bits per heavy atom. The molecule has 6 heteroatoms. The van der Waals surface area contributed by atoms with Gasteiger partial charge in [0.25, 0.3) is 0 Å². The zero-order valence-corrected chi connectivity index (χ0v) is 17.6. The first-order valence-electron chi connectivity index (χ1n) is 10.1. The Morgan fingerprint density at radius 1 is 1.25 bits per heavy atom. The Kier molecular flexibility index (Phi) is 6.29. The molecule has 0 radical (unpaired) electrons. The Labute approximate surface area is 170 Å². The van der Waals surface area contributed by atoms with E-state index in [1.165, 1.54) is 24.1 Å². The summed E-state index contributed by atoms with van der Waals surface area (Å²) < 4.78 is 12.0. The number of hydrogen-bond acceptors (Lipinski definition) is 6. The lowest BCUT2D eigenvalue weighted by atomic mass is 9.92. The van der Waals surface area contributed by atoms with E-state index in [0.29, 0.717) is 6.61 Å². The molecule has 4 rings (SSSR count). The van der Waals surface area contributed by atoms with Crippen molar-refractivity contribution in [3.8, 4) is 5.75 Å². The van der Waals surface area contributed by atoms with E-state index >= 15 is 0 Å². The molecule has 5 nitrogen and oxygen atoms in total. The first kappa shape index (κ1) is 19.4. The number of nitrogens with zero attached hydrogens (tertiary/aromatic N) is 2. The summed E-state index contributed by atoms with van der Waals surface area (Å²) in [6, 6.07) is 8.35. The Hall–Kier alpha value is -1.89. The number of ether oxygens (including phenoxy) is 1. The van der Waals surface area contributed by atoms with Crippen molar-refractivity contribution in [2.45, 2.75) is 38.8 Å². The molecular weight excluding hydrogens is 370 g/mol. The highest BCUT2D eigenvalue weighted by Crippen LogP contribution is 2.33. The van der Waals surface area contributed by atoms with Gasteiger partial charge in [0.2, 0.25) is 0 Å². The molecule has 1 saturated heterocycles. The normalized spacial score (nSPS) is 15.5. The molecule has 0 spiro atoms. The van der Waals surface area contributed by atoms with E-state index < -0.39 is 0 Å². The summed E-state index contributed by atoms with van der Waals surface area (Å²) in [6.07, 6.45) is 4.70. The molecule has 1 fully saturated rings. The molecule has 0 unspecified atom stereocenters. The van der Waals surface area contributed by atoms with E-state index in [-0.39, 0.29) is 0 Å². The van der Waals surface area contributed by atoms with Crippen molar-refractivity contribution in [2.24, 2.45) is 5.92 Å². The van der Waals surface area contributed by atoms with Gasteiger partial charge in [0, 0.05) is 16.8 Å². The van der Waals surface area contributed by atoms with Gasteiger partial charge in [-0.15, -0.1) is 11.3 Å². The lowest BCUT2D eigenvalue weighted by molar-refractivity contribution is 0.298. The predicted molar refractivity (Wildman–Crippen MR) is 114 cm³/mol. The van der Waals surface area contributed by atoms with Crippen LogP contribution in [0.3, 0.4) is 0 Å². The van der Waals surface area contributed by atoms with Crippen LogP contribution in [0.1, 0.15) is 35.4 Å². The second-order valence-electron chi connectivity index (χ2n) is 7.89. The smallest absolute Gasteiger partial charge is 0.175 e. The number of nitrogens with one attached hydrogen (secondary N) is 1. The Morgan fingerprint density at radius 2 is 2.11 bits per heavy atom.